The number of fused-ring (bicyclic) bond motifs is 2. The van der Waals surface area contributed by atoms with E-state index < -0.39 is 71.5 Å². The number of phosphoric ester groups is 1. The Hall–Kier alpha value is -4.18. The zero-order valence-electron chi connectivity index (χ0n) is 24.9. The van der Waals surface area contributed by atoms with E-state index in [0.717, 1.165) is 10.8 Å². The van der Waals surface area contributed by atoms with Gasteiger partial charge in [-0.2, -0.15) is 8.62 Å². The number of benzene rings is 2. The number of aromatic nitrogens is 2. The van der Waals surface area contributed by atoms with Crippen molar-refractivity contribution in [2.24, 2.45) is 0 Å². The fourth-order valence-corrected chi connectivity index (χ4v) is 7.93. The van der Waals surface area contributed by atoms with Crippen LogP contribution in [0.15, 0.2) is 58.3 Å². The zero-order chi connectivity index (χ0) is 36.6. The van der Waals surface area contributed by atoms with Gasteiger partial charge in [-0.25, -0.2) is 18.5 Å². The molecule has 7 N–H and O–H groups in total. The molecule has 2 aromatic carbocycles. The smallest absolute Gasteiger partial charge is 0.390 e. The van der Waals surface area contributed by atoms with E-state index in [-0.39, 0.29) is 52.1 Å². The van der Waals surface area contributed by atoms with Gasteiger partial charge in [0.15, 0.2) is 11.6 Å². The van der Waals surface area contributed by atoms with Crippen LogP contribution in [0.2, 0.25) is 0 Å². The summed E-state index contributed by atoms with van der Waals surface area (Å²) in [6.07, 6.45) is -3.57. The van der Waals surface area contributed by atoms with Crippen molar-refractivity contribution in [1.29, 1.82) is 0 Å². The molecule has 0 bridgehead atoms. The molecule has 50 heavy (non-hydrogen) atoms. The van der Waals surface area contributed by atoms with Gasteiger partial charge < -0.3 is 34.7 Å². The van der Waals surface area contributed by atoms with Crippen molar-refractivity contribution in [2.75, 3.05) is 13.2 Å². The third-order valence-electron chi connectivity index (χ3n) is 7.05. The van der Waals surface area contributed by atoms with E-state index in [2.05, 4.69) is 30.3 Å². The van der Waals surface area contributed by atoms with Gasteiger partial charge in [-0.05, 0) is 18.2 Å². The number of nitrogens with zero attached hydrogens (tertiary/aromatic N) is 1. The Morgan fingerprint density at radius 3 is 2.24 bits per heavy atom. The lowest BCUT2D eigenvalue weighted by Crippen LogP contribution is -2.34. The Labute approximate surface area is 279 Å². The van der Waals surface area contributed by atoms with Crippen molar-refractivity contribution in [3.8, 4) is 11.8 Å². The number of amides is 1. The van der Waals surface area contributed by atoms with Gasteiger partial charge in [0, 0.05) is 40.4 Å². The number of carbonyl (C=O) groups is 3. The van der Waals surface area contributed by atoms with Gasteiger partial charge in [0.05, 0.1) is 19.3 Å². The van der Waals surface area contributed by atoms with Crippen LogP contribution in [0.25, 0.3) is 0 Å². The number of ether oxygens (including phenoxy) is 1. The van der Waals surface area contributed by atoms with Crippen LogP contribution < -0.4 is 16.6 Å². The van der Waals surface area contributed by atoms with Crippen LogP contribution in [0, 0.1) is 11.8 Å². The van der Waals surface area contributed by atoms with E-state index >= 15 is 0 Å². The second kappa shape index (κ2) is 14.2. The maximum atomic E-state index is 13.0. The molecule has 23 heteroatoms. The van der Waals surface area contributed by atoms with E-state index in [9.17, 15) is 52.6 Å². The van der Waals surface area contributed by atoms with Crippen LogP contribution in [0.3, 0.4) is 0 Å². The molecule has 1 fully saturated rings. The Morgan fingerprint density at radius 2 is 1.58 bits per heavy atom. The molecule has 1 aromatic heterocycles. The number of ketones is 2. The molecule has 0 radical (unpaired) electrons. The molecule has 1 saturated heterocycles. The molecule has 3 aromatic rings. The van der Waals surface area contributed by atoms with Gasteiger partial charge in [-0.1, -0.05) is 36.1 Å². The van der Waals surface area contributed by atoms with Crippen molar-refractivity contribution >= 4 is 40.9 Å². The lowest BCUT2D eigenvalue weighted by atomic mass is 9.83. The van der Waals surface area contributed by atoms with E-state index in [0.29, 0.717) is 0 Å². The van der Waals surface area contributed by atoms with E-state index in [1.165, 1.54) is 24.3 Å². The van der Waals surface area contributed by atoms with Crippen LogP contribution in [0.4, 0.5) is 0 Å². The molecule has 2 aliphatic rings. The second-order valence-corrected chi connectivity index (χ2v) is 14.9. The summed E-state index contributed by atoms with van der Waals surface area (Å²) in [5.74, 6) is 3.60. The molecule has 0 saturated carbocycles. The van der Waals surface area contributed by atoms with Crippen molar-refractivity contribution in [3.63, 3.8) is 0 Å². The number of aliphatic hydroxyl groups excluding tert-OH is 1. The molecule has 264 valence electrons. The summed E-state index contributed by atoms with van der Waals surface area (Å²) in [6.45, 7) is -1.29. The minimum absolute atomic E-state index is 0.0664. The largest absolute Gasteiger partial charge is 0.490 e. The third-order valence-corrected chi connectivity index (χ3v) is 10.9. The number of carbonyl (C=O) groups excluding carboxylic acids is 3. The predicted octanol–water partition coefficient (Wildman–Crippen LogP) is 0.0852. The molecular weight excluding hydrogens is 731 g/mol. The number of nitrogens with one attached hydrogen (secondary N) is 2. The lowest BCUT2D eigenvalue weighted by Gasteiger charge is -2.19. The van der Waals surface area contributed by atoms with E-state index in [1.807, 2.05) is 4.98 Å². The van der Waals surface area contributed by atoms with Gasteiger partial charge in [-0.3, -0.25) is 33.3 Å². The molecule has 1 amide bonds. The second-order valence-electron chi connectivity index (χ2n) is 10.5. The number of aromatic amines is 1. The molecule has 2 unspecified atom stereocenters. The summed E-state index contributed by atoms with van der Waals surface area (Å²) in [5, 5.41) is 12.8. The number of hydrogen-bond acceptors (Lipinski definition) is 13. The molecule has 2 heterocycles. The van der Waals surface area contributed by atoms with Crippen molar-refractivity contribution in [3.05, 3.63) is 103 Å². The Kier molecular flexibility index (Phi) is 10.5. The highest BCUT2D eigenvalue weighted by Gasteiger charge is 2.43. The first-order chi connectivity index (χ1) is 23.3. The Bertz CT molecular complexity index is 2230. The molecule has 0 spiro atoms. The van der Waals surface area contributed by atoms with Crippen molar-refractivity contribution in [1.82, 2.24) is 14.9 Å². The Morgan fingerprint density at radius 1 is 0.940 bits per heavy atom. The fraction of sp³-hybridized carbons (Fsp3) is 0.222. The van der Waals surface area contributed by atoms with Gasteiger partial charge >= 0.3 is 29.2 Å². The highest BCUT2D eigenvalue weighted by atomic mass is 31.3. The van der Waals surface area contributed by atoms with E-state index in [4.69, 9.17) is 14.5 Å². The summed E-state index contributed by atoms with van der Waals surface area (Å²) >= 11 is 0. The van der Waals surface area contributed by atoms with Crippen LogP contribution in [-0.4, -0.2) is 77.1 Å². The molecule has 1 aliphatic carbocycles. The summed E-state index contributed by atoms with van der Waals surface area (Å²) in [7, 11) is -16.9. The van der Waals surface area contributed by atoms with Gasteiger partial charge in [-0.15, -0.1) is 0 Å². The lowest BCUT2D eigenvalue weighted by molar-refractivity contribution is -0.0450. The fourth-order valence-electron chi connectivity index (χ4n) is 4.90. The number of H-pyrrole nitrogens is 1. The number of aliphatic hydroxyl groups is 1. The highest BCUT2D eigenvalue weighted by Crippen LogP contribution is 2.66. The summed E-state index contributed by atoms with van der Waals surface area (Å²) in [4.78, 5) is 101. The van der Waals surface area contributed by atoms with Crippen molar-refractivity contribution < 1.29 is 70.6 Å². The first-order valence-electron chi connectivity index (χ1n) is 13.9. The maximum absolute atomic E-state index is 13.0. The average Bonchev–Trinajstić information content (AvgIpc) is 3.39. The van der Waals surface area contributed by atoms with Gasteiger partial charge in [0.2, 0.25) is 0 Å². The molecule has 20 nitrogen and oxygen atoms in total. The average molecular weight is 755 g/mol. The molecular formula is C27H24N3O17P3. The topological polar surface area (TPSA) is 307 Å². The quantitative estimate of drug-likeness (QED) is 0.0833. The van der Waals surface area contributed by atoms with Gasteiger partial charge in [0.1, 0.15) is 17.9 Å². The predicted molar refractivity (Wildman–Crippen MR) is 165 cm³/mol. The normalized spacial score (nSPS) is 20.9. The highest BCUT2D eigenvalue weighted by molar-refractivity contribution is 7.66. The molecule has 5 rings (SSSR count). The molecule has 1 aliphatic heterocycles. The Balaban J connectivity index is 1.21. The zero-order valence-corrected chi connectivity index (χ0v) is 27.6. The first-order valence-corrected chi connectivity index (χ1v) is 18.4. The van der Waals surface area contributed by atoms with Crippen LogP contribution >= 0.6 is 23.5 Å². The third kappa shape index (κ3) is 8.57. The number of phosphoric acid groups is 3. The monoisotopic (exact) mass is 755 g/mol. The molecule has 5 atom stereocenters. The summed E-state index contributed by atoms with van der Waals surface area (Å²) in [6, 6.07) is 10.4. The SMILES string of the molecule is O=C(NCC#Cc1cn([C@H]2C[C@H](O)[C@@H](COP(=O)(O)OP(=O)(O)OP(=O)(O)O)O2)c(=O)[nH]c1=O)c1ccc2c(c1)C(=O)c1ccccc1C2=O. The minimum atomic E-state index is -5.78. The number of rotatable bonds is 10. The first kappa shape index (κ1) is 37.1. The van der Waals surface area contributed by atoms with Gasteiger partial charge in [0.25, 0.3) is 11.5 Å². The summed E-state index contributed by atoms with van der Waals surface area (Å²) in [5.41, 5.74) is -1.41. The van der Waals surface area contributed by atoms with Crippen molar-refractivity contribution in [2.45, 2.75) is 24.9 Å². The standard InChI is InChI=1S/C27H24N3O17P3/c31-20-11-22(45-21(20)13-44-49(40,41)47-50(42,43)46-48(37,38)39)30-12-15(26(35)29-27(30)36)4-3-9-28-25(34)14-7-8-18-19(10-14)24(33)17-6-2-1-5-16(17)23(18)32/h1-2,5-8,10,12,20-22,31H,9,11,13H2,(H,28,34)(H,40,41)(H,42,43)(H,29,35,36)(H2,37,38,39)/t20-,21+,22+/m0/s1. The number of hydrogen-bond donors (Lipinski definition) is 7. The summed E-state index contributed by atoms with van der Waals surface area (Å²) < 4.78 is 52.2. The van der Waals surface area contributed by atoms with E-state index in [1.54, 1.807) is 18.2 Å². The van der Waals surface area contributed by atoms with Crippen LogP contribution in [-0.2, 0) is 31.6 Å². The maximum Gasteiger partial charge on any atom is 0.490 e. The van der Waals surface area contributed by atoms with Crippen LogP contribution in [0.5, 0.6) is 0 Å². The minimum Gasteiger partial charge on any atom is -0.390 e. The van der Waals surface area contributed by atoms with Crippen LogP contribution in [0.1, 0.15) is 60.4 Å².